The summed E-state index contributed by atoms with van der Waals surface area (Å²) in [6, 6.07) is 11.6. The molecule has 1 atom stereocenters. The number of imidazole rings is 1. The topological polar surface area (TPSA) is 84.3 Å². The first kappa shape index (κ1) is 19.9. The van der Waals surface area contributed by atoms with E-state index in [0.29, 0.717) is 18.5 Å². The van der Waals surface area contributed by atoms with Gasteiger partial charge >= 0.3 is 0 Å². The van der Waals surface area contributed by atoms with Crippen molar-refractivity contribution < 1.29 is 14.4 Å². The van der Waals surface area contributed by atoms with Crippen molar-refractivity contribution in [1.82, 2.24) is 19.8 Å². The molecule has 0 bridgehead atoms. The number of nitrogens with one attached hydrogen (secondary N) is 1. The molecule has 1 saturated heterocycles. The predicted molar refractivity (Wildman–Crippen MR) is 122 cm³/mol. The molecule has 3 aliphatic rings. The lowest BCUT2D eigenvalue weighted by Gasteiger charge is -2.29. The second-order valence-electron chi connectivity index (χ2n) is 9.13. The number of aromatic nitrogens is 2. The van der Waals surface area contributed by atoms with E-state index in [1.165, 1.54) is 23.1 Å². The molecule has 7 heteroatoms. The summed E-state index contributed by atoms with van der Waals surface area (Å²) in [5.74, 6) is 0.119. The van der Waals surface area contributed by atoms with Crippen LogP contribution >= 0.6 is 0 Å². The number of piperidine rings is 1. The number of rotatable bonds is 3. The van der Waals surface area contributed by atoms with Crippen LogP contribution in [0.2, 0.25) is 0 Å². The Morgan fingerprint density at radius 2 is 1.88 bits per heavy atom. The van der Waals surface area contributed by atoms with Gasteiger partial charge in [0.2, 0.25) is 11.8 Å². The number of hydrogen-bond acceptors (Lipinski definition) is 4. The predicted octanol–water partition coefficient (Wildman–Crippen LogP) is 3.00. The van der Waals surface area contributed by atoms with Crippen LogP contribution in [0.4, 0.5) is 0 Å². The third kappa shape index (κ3) is 3.18. The Morgan fingerprint density at radius 3 is 2.73 bits per heavy atom. The minimum absolute atomic E-state index is 0.160. The minimum Gasteiger partial charge on any atom is -0.333 e. The molecule has 3 heterocycles. The Balaban J connectivity index is 1.31. The average molecular weight is 441 g/mol. The van der Waals surface area contributed by atoms with Crippen molar-refractivity contribution in [2.75, 3.05) is 0 Å². The van der Waals surface area contributed by atoms with Gasteiger partial charge in [0.15, 0.2) is 0 Å². The standard InChI is InChI=1S/C26H24N4O3/c1-29-14-21(27-24(29)20-7-3-5-15-4-2-6-18(15)20)16-8-9-19-17(12-16)13-30(26(19)33)22-10-11-23(31)28-25(22)32/h3,5,7-9,12,14,22H,2,4,6,10-11,13H2,1H3,(H,28,31,32). The van der Waals surface area contributed by atoms with Gasteiger partial charge in [0.1, 0.15) is 11.9 Å². The van der Waals surface area contributed by atoms with Gasteiger partial charge in [0.05, 0.1) is 5.69 Å². The Morgan fingerprint density at radius 1 is 1.00 bits per heavy atom. The summed E-state index contributed by atoms with van der Waals surface area (Å²) in [6.45, 7) is 0.361. The summed E-state index contributed by atoms with van der Waals surface area (Å²) in [5.41, 5.74) is 7.31. The van der Waals surface area contributed by atoms with Crippen molar-refractivity contribution in [1.29, 1.82) is 0 Å². The largest absolute Gasteiger partial charge is 0.333 e. The lowest BCUT2D eigenvalue weighted by atomic mass is 10.0. The maximum atomic E-state index is 13.0. The van der Waals surface area contributed by atoms with E-state index in [1.807, 2.05) is 31.4 Å². The van der Waals surface area contributed by atoms with Crippen LogP contribution in [0.25, 0.3) is 22.6 Å². The van der Waals surface area contributed by atoms with Gasteiger partial charge < -0.3 is 9.47 Å². The molecule has 2 aliphatic heterocycles. The molecule has 7 nitrogen and oxygen atoms in total. The number of fused-ring (bicyclic) bond motifs is 2. The molecule has 33 heavy (non-hydrogen) atoms. The lowest BCUT2D eigenvalue weighted by molar-refractivity contribution is -0.136. The van der Waals surface area contributed by atoms with Crippen molar-refractivity contribution in [2.45, 2.75) is 44.7 Å². The van der Waals surface area contributed by atoms with Gasteiger partial charge in [-0.3, -0.25) is 19.7 Å². The summed E-state index contributed by atoms with van der Waals surface area (Å²) in [5, 5.41) is 2.35. The van der Waals surface area contributed by atoms with Crippen LogP contribution in [0, 0.1) is 0 Å². The van der Waals surface area contributed by atoms with E-state index >= 15 is 0 Å². The maximum absolute atomic E-state index is 13.0. The van der Waals surface area contributed by atoms with E-state index in [4.69, 9.17) is 4.98 Å². The summed E-state index contributed by atoms with van der Waals surface area (Å²) in [7, 11) is 2.02. The molecule has 1 fully saturated rings. The van der Waals surface area contributed by atoms with Crippen molar-refractivity contribution in [3.63, 3.8) is 0 Å². The molecular weight excluding hydrogens is 416 g/mol. The first-order chi connectivity index (χ1) is 16.0. The molecule has 2 aromatic carbocycles. The van der Waals surface area contributed by atoms with E-state index in [1.54, 1.807) is 4.90 Å². The van der Waals surface area contributed by atoms with Gasteiger partial charge in [-0.15, -0.1) is 0 Å². The Kier molecular flexibility index (Phi) is 4.47. The number of carbonyl (C=O) groups is 3. The van der Waals surface area contributed by atoms with Crippen LogP contribution in [0.5, 0.6) is 0 Å². The molecule has 3 aromatic rings. The fourth-order valence-corrected chi connectivity index (χ4v) is 5.42. The van der Waals surface area contributed by atoms with Gasteiger partial charge in [-0.2, -0.15) is 0 Å². The average Bonchev–Trinajstić information content (AvgIpc) is 3.51. The number of hydrogen-bond donors (Lipinski definition) is 1. The first-order valence-corrected chi connectivity index (χ1v) is 11.4. The van der Waals surface area contributed by atoms with E-state index in [2.05, 4.69) is 28.1 Å². The van der Waals surface area contributed by atoms with Crippen molar-refractivity contribution in [3.05, 3.63) is 64.8 Å². The fourth-order valence-electron chi connectivity index (χ4n) is 5.42. The molecule has 0 saturated carbocycles. The van der Waals surface area contributed by atoms with E-state index < -0.39 is 11.9 Å². The zero-order valence-electron chi connectivity index (χ0n) is 18.4. The zero-order valence-corrected chi connectivity index (χ0v) is 18.4. The number of benzene rings is 2. The van der Waals surface area contributed by atoms with Crippen LogP contribution < -0.4 is 5.32 Å². The highest BCUT2D eigenvalue weighted by atomic mass is 16.2. The van der Waals surface area contributed by atoms with Gasteiger partial charge in [-0.05, 0) is 54.5 Å². The molecule has 3 amide bonds. The molecule has 1 unspecified atom stereocenters. The fraction of sp³-hybridized carbons (Fsp3) is 0.308. The quantitative estimate of drug-likeness (QED) is 0.635. The lowest BCUT2D eigenvalue weighted by Crippen LogP contribution is -2.52. The van der Waals surface area contributed by atoms with Gasteiger partial charge in [-0.25, -0.2) is 4.98 Å². The Bertz CT molecular complexity index is 1340. The summed E-state index contributed by atoms with van der Waals surface area (Å²) >= 11 is 0. The maximum Gasteiger partial charge on any atom is 0.255 e. The highest BCUT2D eigenvalue weighted by molar-refractivity contribution is 6.05. The summed E-state index contributed by atoms with van der Waals surface area (Å²) in [4.78, 5) is 43.3. The molecule has 6 rings (SSSR count). The summed E-state index contributed by atoms with van der Waals surface area (Å²) < 4.78 is 2.07. The van der Waals surface area contributed by atoms with Crippen molar-refractivity contribution in [3.8, 4) is 22.6 Å². The molecular formula is C26H24N4O3. The second-order valence-corrected chi connectivity index (χ2v) is 9.13. The Hall–Kier alpha value is -3.74. The highest BCUT2D eigenvalue weighted by Gasteiger charge is 2.39. The Labute approximate surface area is 191 Å². The zero-order chi connectivity index (χ0) is 22.7. The number of carbonyl (C=O) groups excluding carboxylic acids is 3. The number of imide groups is 1. The van der Waals surface area contributed by atoms with E-state index in [0.717, 1.165) is 35.5 Å². The SMILES string of the molecule is Cn1cc(-c2ccc3c(c2)CN(C2CCC(=O)NC2=O)C3=O)nc1-c1cccc2c1CCC2. The third-order valence-electron chi connectivity index (χ3n) is 7.08. The normalized spacial score (nSPS) is 19.6. The molecule has 1 aromatic heterocycles. The van der Waals surface area contributed by atoms with Crippen LogP contribution in [-0.4, -0.2) is 38.2 Å². The molecule has 1 N–H and O–H groups in total. The molecule has 0 radical (unpaired) electrons. The number of aryl methyl sites for hydroxylation is 2. The molecule has 0 spiro atoms. The van der Waals surface area contributed by atoms with Gasteiger partial charge in [0, 0.05) is 42.9 Å². The van der Waals surface area contributed by atoms with Crippen LogP contribution in [-0.2, 0) is 36.0 Å². The summed E-state index contributed by atoms with van der Waals surface area (Å²) in [6.07, 6.45) is 6.05. The first-order valence-electron chi connectivity index (χ1n) is 11.4. The van der Waals surface area contributed by atoms with Crippen molar-refractivity contribution in [2.24, 2.45) is 7.05 Å². The molecule has 1 aliphatic carbocycles. The second kappa shape index (κ2) is 7.40. The van der Waals surface area contributed by atoms with E-state index in [-0.39, 0.29) is 18.2 Å². The van der Waals surface area contributed by atoms with Gasteiger partial charge in [0.25, 0.3) is 5.91 Å². The van der Waals surface area contributed by atoms with Crippen LogP contribution in [0.3, 0.4) is 0 Å². The number of amides is 3. The van der Waals surface area contributed by atoms with Gasteiger partial charge in [-0.1, -0.05) is 24.3 Å². The van der Waals surface area contributed by atoms with Crippen molar-refractivity contribution >= 4 is 17.7 Å². The van der Waals surface area contributed by atoms with Crippen LogP contribution in [0.15, 0.2) is 42.6 Å². The van der Waals surface area contributed by atoms with E-state index in [9.17, 15) is 14.4 Å². The number of nitrogens with zero attached hydrogens (tertiary/aromatic N) is 3. The van der Waals surface area contributed by atoms with Crippen LogP contribution in [0.1, 0.15) is 46.3 Å². The highest BCUT2D eigenvalue weighted by Crippen LogP contribution is 2.35. The minimum atomic E-state index is -0.604. The third-order valence-corrected chi connectivity index (χ3v) is 7.08. The molecule has 166 valence electrons. The smallest absolute Gasteiger partial charge is 0.255 e. The monoisotopic (exact) mass is 440 g/mol.